The van der Waals surface area contributed by atoms with Crippen molar-refractivity contribution in [1.82, 2.24) is 0 Å². The molecule has 1 saturated heterocycles. The Morgan fingerprint density at radius 2 is 1.33 bits per heavy atom. The van der Waals surface area contributed by atoms with Gasteiger partial charge in [-0.3, -0.25) is 0 Å². The van der Waals surface area contributed by atoms with Crippen molar-refractivity contribution in [1.29, 1.82) is 0 Å². The van der Waals surface area contributed by atoms with Crippen LogP contribution in [0.3, 0.4) is 0 Å². The van der Waals surface area contributed by atoms with Crippen molar-refractivity contribution in [3.8, 4) is 16.9 Å². The lowest BCUT2D eigenvalue weighted by Crippen LogP contribution is -2.20. The van der Waals surface area contributed by atoms with Crippen LogP contribution in [0.25, 0.3) is 11.1 Å². The second-order valence-electron chi connectivity index (χ2n) is 11.8. The first-order valence-electron chi connectivity index (χ1n) is 15.9. The van der Waals surface area contributed by atoms with Crippen molar-refractivity contribution in [3.05, 3.63) is 53.6 Å². The normalized spacial score (nSPS) is 18.3. The van der Waals surface area contributed by atoms with Crippen LogP contribution in [0.2, 0.25) is 18.1 Å². The van der Waals surface area contributed by atoms with Gasteiger partial charge in [0, 0.05) is 8.80 Å². The van der Waals surface area contributed by atoms with Gasteiger partial charge in [0.25, 0.3) is 0 Å². The minimum absolute atomic E-state index is 0.321. The molecule has 2 aromatic carbocycles. The summed E-state index contributed by atoms with van der Waals surface area (Å²) in [6.45, 7) is 4.05. The largest absolute Gasteiger partial charge is 0.485 e. The molecule has 1 heterocycles. The molecule has 218 valence electrons. The van der Waals surface area contributed by atoms with Gasteiger partial charge in [0.1, 0.15) is 12.8 Å². The standard InChI is InChI=1S/C34H51F3OSi/c1-3-5-7-9-10-11-13-21-39-22-19-29(20-23-39)27-15-17-28(18-16-27)30-24-32(36)34(33(37)25-30)38-26-31(35)14-12-8-6-4-2/h15-18,24-25,29,31,39H,3-14,19-23,26H2,1-2H3. The van der Waals surface area contributed by atoms with Crippen molar-refractivity contribution in [2.24, 2.45) is 0 Å². The van der Waals surface area contributed by atoms with Crippen LogP contribution in [0, 0.1) is 11.6 Å². The van der Waals surface area contributed by atoms with Gasteiger partial charge in [-0.05, 0) is 54.0 Å². The third kappa shape index (κ3) is 11.0. The molecule has 1 aliphatic heterocycles. The second-order valence-corrected chi connectivity index (χ2v) is 15.2. The molecule has 0 radical (unpaired) electrons. The first-order valence-corrected chi connectivity index (χ1v) is 18.3. The minimum atomic E-state index is -1.22. The molecule has 0 amide bonds. The van der Waals surface area contributed by atoms with Crippen LogP contribution < -0.4 is 4.74 Å². The smallest absolute Gasteiger partial charge is 0.190 e. The zero-order valence-corrected chi connectivity index (χ0v) is 25.6. The Hall–Kier alpha value is -1.75. The molecule has 1 atom stereocenters. The highest BCUT2D eigenvalue weighted by molar-refractivity contribution is 6.59. The maximum atomic E-state index is 14.7. The molecule has 1 aliphatic rings. The number of ether oxygens (including phenoxy) is 1. The van der Waals surface area contributed by atoms with Crippen LogP contribution in [0.5, 0.6) is 5.75 Å². The summed E-state index contributed by atoms with van der Waals surface area (Å²) in [5.41, 5.74) is 2.60. The van der Waals surface area contributed by atoms with E-state index in [9.17, 15) is 13.2 Å². The summed E-state index contributed by atoms with van der Waals surface area (Å²) < 4.78 is 48.7. The van der Waals surface area contributed by atoms with E-state index in [1.54, 1.807) is 0 Å². The second kappa shape index (κ2) is 17.8. The van der Waals surface area contributed by atoms with E-state index in [0.717, 1.165) is 31.2 Å². The number of halogens is 3. The molecule has 0 N–H and O–H groups in total. The summed E-state index contributed by atoms with van der Waals surface area (Å²) in [7, 11) is -0.569. The van der Waals surface area contributed by atoms with Gasteiger partial charge in [0.15, 0.2) is 17.4 Å². The molecule has 2 aromatic rings. The Bertz CT molecular complexity index is 917. The molecule has 5 heteroatoms. The van der Waals surface area contributed by atoms with Gasteiger partial charge in [-0.1, -0.05) is 127 Å². The van der Waals surface area contributed by atoms with E-state index < -0.39 is 32.4 Å². The predicted molar refractivity (Wildman–Crippen MR) is 162 cm³/mol. The van der Waals surface area contributed by atoms with Gasteiger partial charge in [-0.2, -0.15) is 0 Å². The van der Waals surface area contributed by atoms with Gasteiger partial charge in [0.05, 0.1) is 0 Å². The molecular weight excluding hydrogens is 509 g/mol. The monoisotopic (exact) mass is 560 g/mol. The topological polar surface area (TPSA) is 9.23 Å². The molecule has 0 aliphatic carbocycles. The number of rotatable bonds is 18. The Labute approximate surface area is 237 Å². The van der Waals surface area contributed by atoms with Gasteiger partial charge >= 0.3 is 0 Å². The van der Waals surface area contributed by atoms with Crippen molar-refractivity contribution >= 4 is 8.80 Å². The highest BCUT2D eigenvalue weighted by Gasteiger charge is 2.23. The van der Waals surface area contributed by atoms with Crippen LogP contribution in [-0.4, -0.2) is 21.6 Å². The molecule has 0 aromatic heterocycles. The average molecular weight is 561 g/mol. The lowest BCUT2D eigenvalue weighted by atomic mass is 9.92. The van der Waals surface area contributed by atoms with Crippen LogP contribution in [-0.2, 0) is 0 Å². The molecule has 0 saturated carbocycles. The van der Waals surface area contributed by atoms with E-state index in [-0.39, 0.29) is 6.61 Å². The van der Waals surface area contributed by atoms with Crippen molar-refractivity contribution in [3.63, 3.8) is 0 Å². The van der Waals surface area contributed by atoms with Gasteiger partial charge < -0.3 is 4.74 Å². The summed E-state index contributed by atoms with van der Waals surface area (Å²) in [6, 6.07) is 15.2. The Morgan fingerprint density at radius 3 is 1.95 bits per heavy atom. The van der Waals surface area contributed by atoms with Crippen molar-refractivity contribution in [2.75, 3.05) is 6.61 Å². The van der Waals surface area contributed by atoms with Gasteiger partial charge in [-0.15, -0.1) is 0 Å². The Morgan fingerprint density at radius 1 is 0.769 bits per heavy atom. The van der Waals surface area contributed by atoms with Gasteiger partial charge in [-0.25, -0.2) is 13.2 Å². The minimum Gasteiger partial charge on any atom is -0.485 e. The number of hydrogen-bond acceptors (Lipinski definition) is 1. The van der Waals surface area contributed by atoms with E-state index in [1.165, 1.54) is 93.6 Å². The number of unbranched alkanes of at least 4 members (excludes halogenated alkanes) is 9. The lowest BCUT2D eigenvalue weighted by Gasteiger charge is -2.28. The zero-order valence-electron chi connectivity index (χ0n) is 24.5. The van der Waals surface area contributed by atoms with Crippen molar-refractivity contribution in [2.45, 2.75) is 134 Å². The fourth-order valence-corrected chi connectivity index (χ4v) is 9.52. The summed E-state index contributed by atoms with van der Waals surface area (Å²) in [5.74, 6) is -1.44. The van der Waals surface area contributed by atoms with Crippen LogP contribution in [0.15, 0.2) is 36.4 Å². The molecule has 1 nitrogen and oxygen atoms in total. The number of benzene rings is 2. The maximum Gasteiger partial charge on any atom is 0.190 e. The maximum absolute atomic E-state index is 14.7. The van der Waals surface area contributed by atoms with E-state index in [2.05, 4.69) is 26.0 Å². The lowest BCUT2D eigenvalue weighted by molar-refractivity contribution is 0.173. The van der Waals surface area contributed by atoms with Crippen molar-refractivity contribution < 1.29 is 17.9 Å². The van der Waals surface area contributed by atoms with Crippen LogP contribution >= 0.6 is 0 Å². The highest BCUT2D eigenvalue weighted by atomic mass is 28.3. The molecule has 39 heavy (non-hydrogen) atoms. The Balaban J connectivity index is 1.44. The van der Waals surface area contributed by atoms with E-state index in [4.69, 9.17) is 4.74 Å². The molecular formula is C34H51F3OSi. The summed E-state index contributed by atoms with van der Waals surface area (Å²) >= 11 is 0. The zero-order chi connectivity index (χ0) is 27.9. The predicted octanol–water partition coefficient (Wildman–Crippen LogP) is 11.2. The fraction of sp³-hybridized carbons (Fsp3) is 0.647. The third-order valence-corrected chi connectivity index (χ3v) is 12.1. The van der Waals surface area contributed by atoms with E-state index >= 15 is 0 Å². The summed E-state index contributed by atoms with van der Waals surface area (Å²) in [4.78, 5) is 0. The first-order chi connectivity index (χ1) is 19.0. The molecule has 1 unspecified atom stereocenters. The highest BCUT2D eigenvalue weighted by Crippen LogP contribution is 2.36. The SMILES string of the molecule is CCCCCCCCC[SiH]1CCC(c2ccc(-c3cc(F)c(OCC(F)CCCCCC)c(F)c3)cc2)CC1. The quantitative estimate of drug-likeness (QED) is 0.130. The number of hydrogen-bond donors (Lipinski definition) is 0. The van der Waals surface area contributed by atoms with Gasteiger partial charge in [0.2, 0.25) is 0 Å². The molecule has 1 fully saturated rings. The van der Waals surface area contributed by atoms with Crippen LogP contribution in [0.4, 0.5) is 13.2 Å². The fourth-order valence-electron chi connectivity index (χ4n) is 6.04. The number of alkyl halides is 1. The average Bonchev–Trinajstić information content (AvgIpc) is 2.95. The van der Waals surface area contributed by atoms with E-state index in [0.29, 0.717) is 17.9 Å². The summed E-state index contributed by atoms with van der Waals surface area (Å²) in [6.07, 6.45) is 15.4. The summed E-state index contributed by atoms with van der Waals surface area (Å²) in [5, 5.41) is 0. The molecule has 0 bridgehead atoms. The first kappa shape index (κ1) is 31.8. The third-order valence-electron chi connectivity index (χ3n) is 8.56. The van der Waals surface area contributed by atoms with Crippen LogP contribution in [0.1, 0.15) is 115 Å². The molecule has 3 rings (SSSR count). The Kier molecular flexibility index (Phi) is 14.5. The molecule has 0 spiro atoms. The van der Waals surface area contributed by atoms with E-state index in [1.807, 2.05) is 12.1 Å².